The topological polar surface area (TPSA) is 40.7 Å². The summed E-state index contributed by atoms with van der Waals surface area (Å²) in [5.41, 5.74) is 3.35. The molecule has 2 rings (SSSR count). The third kappa shape index (κ3) is 2.49. The third-order valence-electron chi connectivity index (χ3n) is 2.50. The van der Waals surface area contributed by atoms with Crippen LogP contribution in [0.2, 0.25) is 0 Å². The molecule has 0 amide bonds. The molecule has 2 N–H and O–H groups in total. The quantitative estimate of drug-likeness (QED) is 0.769. The number of fused-ring (bicyclic) bond motifs is 1. The number of rotatable bonds is 4. The second-order valence-corrected chi connectivity index (χ2v) is 3.89. The molecule has 84 valence electrons. The number of hydrogen-bond acceptors (Lipinski definition) is 2. The average molecular weight is 215 g/mol. The zero-order valence-corrected chi connectivity index (χ0v) is 9.75. The molecular weight excluding hydrogens is 198 g/mol. The summed E-state index contributed by atoms with van der Waals surface area (Å²) in [6.07, 6.45) is 5.38. The van der Waals surface area contributed by atoms with E-state index < -0.39 is 0 Å². The molecule has 0 spiro atoms. The van der Waals surface area contributed by atoms with Gasteiger partial charge in [-0.25, -0.2) is 4.98 Å². The van der Waals surface area contributed by atoms with Crippen molar-refractivity contribution in [1.29, 1.82) is 0 Å². The fourth-order valence-electron chi connectivity index (χ4n) is 1.71. The third-order valence-corrected chi connectivity index (χ3v) is 2.50. The summed E-state index contributed by atoms with van der Waals surface area (Å²) < 4.78 is 0. The SMILES string of the molecule is CNCCC=Cc1ccc2nc(C)[nH]c2c1. The molecule has 0 radical (unpaired) electrons. The Hall–Kier alpha value is -1.61. The smallest absolute Gasteiger partial charge is 0.104 e. The lowest BCUT2D eigenvalue weighted by molar-refractivity contribution is 0.809. The fraction of sp³-hybridized carbons (Fsp3) is 0.308. The highest BCUT2D eigenvalue weighted by Crippen LogP contribution is 2.14. The second kappa shape index (κ2) is 4.94. The van der Waals surface area contributed by atoms with E-state index in [9.17, 15) is 0 Å². The first kappa shape index (κ1) is 10.9. The Kier molecular flexibility index (Phi) is 3.37. The Morgan fingerprint density at radius 2 is 2.31 bits per heavy atom. The molecule has 1 aromatic carbocycles. The summed E-state index contributed by atoms with van der Waals surface area (Å²) in [6, 6.07) is 6.28. The van der Waals surface area contributed by atoms with Crippen molar-refractivity contribution in [3.05, 3.63) is 35.7 Å². The zero-order chi connectivity index (χ0) is 11.4. The molecule has 3 heteroatoms. The molecule has 2 aromatic rings. The minimum atomic E-state index is 0.964. The van der Waals surface area contributed by atoms with Crippen LogP contribution in [0.5, 0.6) is 0 Å². The highest BCUT2D eigenvalue weighted by Gasteiger charge is 1.98. The van der Waals surface area contributed by atoms with Crippen molar-refractivity contribution >= 4 is 17.1 Å². The van der Waals surface area contributed by atoms with Gasteiger partial charge in [-0.05, 0) is 44.6 Å². The van der Waals surface area contributed by atoms with Crippen LogP contribution in [-0.4, -0.2) is 23.6 Å². The molecule has 0 unspecified atom stereocenters. The van der Waals surface area contributed by atoms with Gasteiger partial charge in [-0.15, -0.1) is 0 Å². The van der Waals surface area contributed by atoms with Gasteiger partial charge in [-0.3, -0.25) is 0 Å². The summed E-state index contributed by atoms with van der Waals surface area (Å²) in [7, 11) is 1.97. The maximum absolute atomic E-state index is 4.37. The van der Waals surface area contributed by atoms with Crippen LogP contribution in [0.15, 0.2) is 24.3 Å². The van der Waals surface area contributed by atoms with Crippen LogP contribution in [0.3, 0.4) is 0 Å². The number of imidazole rings is 1. The van der Waals surface area contributed by atoms with Crippen molar-refractivity contribution in [2.75, 3.05) is 13.6 Å². The van der Waals surface area contributed by atoms with Crippen molar-refractivity contribution in [1.82, 2.24) is 15.3 Å². The maximum Gasteiger partial charge on any atom is 0.104 e. The lowest BCUT2D eigenvalue weighted by Gasteiger charge is -1.94. The van der Waals surface area contributed by atoms with Crippen LogP contribution in [0, 0.1) is 6.92 Å². The van der Waals surface area contributed by atoms with E-state index >= 15 is 0 Å². The molecule has 0 aliphatic carbocycles. The number of nitrogens with one attached hydrogen (secondary N) is 2. The number of hydrogen-bond donors (Lipinski definition) is 2. The van der Waals surface area contributed by atoms with Gasteiger partial charge in [0.25, 0.3) is 0 Å². The molecule has 0 aliphatic heterocycles. The first-order valence-corrected chi connectivity index (χ1v) is 5.57. The van der Waals surface area contributed by atoms with E-state index in [0.29, 0.717) is 0 Å². The summed E-state index contributed by atoms with van der Waals surface area (Å²) in [6.45, 7) is 2.99. The molecule has 0 saturated carbocycles. The molecule has 0 fully saturated rings. The minimum Gasteiger partial charge on any atom is -0.342 e. The predicted octanol–water partition coefficient (Wildman–Crippen LogP) is 2.49. The molecule has 3 nitrogen and oxygen atoms in total. The molecule has 0 atom stereocenters. The zero-order valence-electron chi connectivity index (χ0n) is 9.75. The summed E-state index contributed by atoms with van der Waals surface area (Å²) >= 11 is 0. The Balaban J connectivity index is 2.15. The number of benzene rings is 1. The number of H-pyrrole nitrogens is 1. The van der Waals surface area contributed by atoms with Crippen LogP contribution < -0.4 is 5.32 Å². The second-order valence-electron chi connectivity index (χ2n) is 3.89. The number of aryl methyl sites for hydroxylation is 1. The lowest BCUT2D eigenvalue weighted by atomic mass is 10.2. The van der Waals surface area contributed by atoms with Crippen molar-refractivity contribution in [3.8, 4) is 0 Å². The van der Waals surface area contributed by atoms with Crippen LogP contribution in [0.25, 0.3) is 17.1 Å². The normalized spacial score (nSPS) is 11.6. The van der Waals surface area contributed by atoms with E-state index in [1.165, 1.54) is 5.56 Å². The van der Waals surface area contributed by atoms with Gasteiger partial charge < -0.3 is 10.3 Å². The van der Waals surface area contributed by atoms with Gasteiger partial charge in [0.1, 0.15) is 5.82 Å². The van der Waals surface area contributed by atoms with E-state index in [4.69, 9.17) is 0 Å². The van der Waals surface area contributed by atoms with E-state index in [0.717, 1.165) is 29.8 Å². The van der Waals surface area contributed by atoms with Crippen molar-refractivity contribution in [3.63, 3.8) is 0 Å². The molecule has 0 aliphatic rings. The summed E-state index contributed by atoms with van der Waals surface area (Å²) in [5, 5.41) is 3.12. The molecule has 0 saturated heterocycles. The Labute approximate surface area is 95.6 Å². The fourth-order valence-corrected chi connectivity index (χ4v) is 1.71. The van der Waals surface area contributed by atoms with Crippen molar-refractivity contribution < 1.29 is 0 Å². The first-order chi connectivity index (χ1) is 7.79. The Bertz CT molecular complexity index is 497. The van der Waals surface area contributed by atoms with E-state index in [1.54, 1.807) is 0 Å². The Morgan fingerprint density at radius 1 is 1.44 bits per heavy atom. The van der Waals surface area contributed by atoms with Gasteiger partial charge >= 0.3 is 0 Å². The number of aromatic amines is 1. The van der Waals surface area contributed by atoms with Crippen LogP contribution in [0.4, 0.5) is 0 Å². The van der Waals surface area contributed by atoms with E-state index in [2.05, 4.69) is 45.6 Å². The van der Waals surface area contributed by atoms with Gasteiger partial charge in [0, 0.05) is 0 Å². The summed E-state index contributed by atoms with van der Waals surface area (Å²) in [4.78, 5) is 7.62. The van der Waals surface area contributed by atoms with Crippen LogP contribution in [0.1, 0.15) is 17.8 Å². The maximum atomic E-state index is 4.37. The first-order valence-electron chi connectivity index (χ1n) is 5.57. The van der Waals surface area contributed by atoms with Gasteiger partial charge in [-0.2, -0.15) is 0 Å². The summed E-state index contributed by atoms with van der Waals surface area (Å²) in [5.74, 6) is 0.964. The predicted molar refractivity (Wildman–Crippen MR) is 68.4 cm³/mol. The average Bonchev–Trinajstić information content (AvgIpc) is 2.64. The monoisotopic (exact) mass is 215 g/mol. The van der Waals surface area contributed by atoms with E-state index in [-0.39, 0.29) is 0 Å². The molecule has 0 bridgehead atoms. The Morgan fingerprint density at radius 3 is 3.12 bits per heavy atom. The highest BCUT2D eigenvalue weighted by atomic mass is 14.9. The molecular formula is C13H17N3. The number of nitrogens with zero attached hydrogens (tertiary/aromatic N) is 1. The number of aromatic nitrogens is 2. The lowest BCUT2D eigenvalue weighted by Crippen LogP contribution is -2.05. The largest absolute Gasteiger partial charge is 0.342 e. The van der Waals surface area contributed by atoms with E-state index in [1.807, 2.05) is 14.0 Å². The van der Waals surface area contributed by atoms with Gasteiger partial charge in [0.05, 0.1) is 11.0 Å². The highest BCUT2D eigenvalue weighted by molar-refractivity contribution is 5.78. The van der Waals surface area contributed by atoms with Gasteiger partial charge in [-0.1, -0.05) is 18.2 Å². The van der Waals surface area contributed by atoms with Gasteiger partial charge in [0.15, 0.2) is 0 Å². The molecule has 1 heterocycles. The van der Waals surface area contributed by atoms with Crippen molar-refractivity contribution in [2.24, 2.45) is 0 Å². The van der Waals surface area contributed by atoms with Crippen LogP contribution >= 0.6 is 0 Å². The molecule has 16 heavy (non-hydrogen) atoms. The molecule has 1 aromatic heterocycles. The van der Waals surface area contributed by atoms with Gasteiger partial charge in [0.2, 0.25) is 0 Å². The van der Waals surface area contributed by atoms with Crippen molar-refractivity contribution in [2.45, 2.75) is 13.3 Å². The standard InChI is InChI=1S/C13H17N3/c1-10-15-12-7-6-11(9-13(12)16-10)5-3-4-8-14-2/h3,5-7,9,14H,4,8H2,1-2H3,(H,15,16). The van der Waals surface area contributed by atoms with Crippen LogP contribution in [-0.2, 0) is 0 Å². The minimum absolute atomic E-state index is 0.964.